The molecule has 6 nitrogen and oxygen atoms in total. The Morgan fingerprint density at radius 2 is 1.97 bits per heavy atom. The van der Waals surface area contributed by atoms with Gasteiger partial charge in [0.15, 0.2) is 17.5 Å². The van der Waals surface area contributed by atoms with Crippen LogP contribution < -0.4 is 20.1 Å². The second-order valence-corrected chi connectivity index (χ2v) is 9.52. The Bertz CT molecular complexity index is 890. The summed E-state index contributed by atoms with van der Waals surface area (Å²) in [6.07, 6.45) is 2.90. The summed E-state index contributed by atoms with van der Waals surface area (Å²) in [5.74, 6) is 2.49. The van der Waals surface area contributed by atoms with E-state index in [4.69, 9.17) is 14.2 Å². The molecule has 1 aromatic heterocycles. The third-order valence-corrected chi connectivity index (χ3v) is 6.96. The highest BCUT2D eigenvalue weighted by Gasteiger charge is 2.36. The summed E-state index contributed by atoms with van der Waals surface area (Å²) >= 11 is 1.86. The molecule has 0 aliphatic carbocycles. The van der Waals surface area contributed by atoms with Gasteiger partial charge in [-0.1, -0.05) is 6.07 Å². The Kier molecular flexibility index (Phi) is 6.49. The zero-order valence-corrected chi connectivity index (χ0v) is 18.8. The van der Waals surface area contributed by atoms with Crippen molar-refractivity contribution in [3.05, 3.63) is 45.6 Å². The van der Waals surface area contributed by atoms with Crippen molar-refractivity contribution >= 4 is 17.3 Å². The predicted octanol–water partition coefficient (Wildman–Crippen LogP) is 3.63. The largest absolute Gasteiger partial charge is 0.454 e. The number of nitrogens with one attached hydrogen (secondary N) is 2. The molecular weight excluding hydrogens is 398 g/mol. The van der Waals surface area contributed by atoms with Gasteiger partial charge in [0.2, 0.25) is 6.79 Å². The summed E-state index contributed by atoms with van der Waals surface area (Å²) in [5, 5.41) is 7.13. The van der Waals surface area contributed by atoms with Gasteiger partial charge in [0, 0.05) is 54.4 Å². The van der Waals surface area contributed by atoms with E-state index in [-0.39, 0.29) is 5.41 Å². The van der Waals surface area contributed by atoms with Gasteiger partial charge in [-0.2, -0.15) is 0 Å². The summed E-state index contributed by atoms with van der Waals surface area (Å²) in [7, 11) is 1.83. The van der Waals surface area contributed by atoms with Crippen LogP contribution in [0.25, 0.3) is 0 Å². The van der Waals surface area contributed by atoms with Crippen LogP contribution in [0.2, 0.25) is 0 Å². The molecule has 0 amide bonds. The van der Waals surface area contributed by atoms with Crippen molar-refractivity contribution in [2.24, 2.45) is 4.99 Å². The fourth-order valence-corrected chi connectivity index (χ4v) is 5.20. The SMILES string of the molecule is CN=C(NCC1(c2ccc3c(c2)OCO3)CCOCC1)NC(C)Cc1ccc(C)s1. The number of nitrogens with zero attached hydrogens (tertiary/aromatic N) is 1. The van der Waals surface area contributed by atoms with Crippen LogP contribution in [0.15, 0.2) is 35.3 Å². The summed E-state index contributed by atoms with van der Waals surface area (Å²) in [5.41, 5.74) is 1.24. The van der Waals surface area contributed by atoms with Crippen molar-refractivity contribution in [3.8, 4) is 11.5 Å². The van der Waals surface area contributed by atoms with Crippen LogP contribution in [0.5, 0.6) is 11.5 Å². The van der Waals surface area contributed by atoms with Gasteiger partial charge in [-0.15, -0.1) is 11.3 Å². The monoisotopic (exact) mass is 429 g/mol. The van der Waals surface area contributed by atoms with Crippen molar-refractivity contribution in [2.75, 3.05) is 33.6 Å². The second-order valence-electron chi connectivity index (χ2n) is 8.15. The number of guanidine groups is 1. The maximum absolute atomic E-state index is 5.68. The van der Waals surface area contributed by atoms with E-state index < -0.39 is 0 Å². The van der Waals surface area contributed by atoms with E-state index >= 15 is 0 Å². The van der Waals surface area contributed by atoms with Crippen LogP contribution in [0.3, 0.4) is 0 Å². The molecule has 2 aromatic rings. The van der Waals surface area contributed by atoms with Crippen molar-refractivity contribution in [1.82, 2.24) is 10.6 Å². The van der Waals surface area contributed by atoms with Gasteiger partial charge >= 0.3 is 0 Å². The van der Waals surface area contributed by atoms with Crippen LogP contribution in [0.1, 0.15) is 35.1 Å². The maximum atomic E-state index is 5.68. The molecule has 3 heterocycles. The number of aliphatic imine (C=N–C) groups is 1. The molecule has 0 saturated carbocycles. The Hall–Kier alpha value is -2.25. The summed E-state index contributed by atoms with van der Waals surface area (Å²) in [6, 6.07) is 11.0. The van der Waals surface area contributed by atoms with Crippen LogP contribution in [-0.2, 0) is 16.6 Å². The number of thiophene rings is 1. The number of rotatable bonds is 6. The lowest BCUT2D eigenvalue weighted by Gasteiger charge is -2.38. The molecule has 1 unspecified atom stereocenters. The molecule has 1 atom stereocenters. The number of hydrogen-bond donors (Lipinski definition) is 2. The smallest absolute Gasteiger partial charge is 0.231 e. The molecule has 2 aliphatic heterocycles. The minimum Gasteiger partial charge on any atom is -0.454 e. The Morgan fingerprint density at radius 1 is 1.17 bits per heavy atom. The maximum Gasteiger partial charge on any atom is 0.231 e. The lowest BCUT2D eigenvalue weighted by Crippen LogP contribution is -2.50. The summed E-state index contributed by atoms with van der Waals surface area (Å²) in [6.45, 7) is 6.96. The van der Waals surface area contributed by atoms with Gasteiger partial charge in [-0.3, -0.25) is 4.99 Å². The number of fused-ring (bicyclic) bond motifs is 1. The first-order chi connectivity index (χ1) is 14.6. The highest BCUT2D eigenvalue weighted by Crippen LogP contribution is 2.40. The van der Waals surface area contributed by atoms with Crippen LogP contribution >= 0.6 is 11.3 Å². The molecule has 30 heavy (non-hydrogen) atoms. The number of benzene rings is 1. The molecule has 2 N–H and O–H groups in total. The van der Waals surface area contributed by atoms with E-state index in [1.54, 1.807) is 0 Å². The first-order valence-electron chi connectivity index (χ1n) is 10.6. The molecule has 1 aromatic carbocycles. The number of ether oxygens (including phenoxy) is 3. The zero-order chi connectivity index (χ0) is 21.0. The van der Waals surface area contributed by atoms with Crippen molar-refractivity contribution < 1.29 is 14.2 Å². The molecule has 4 rings (SSSR count). The highest BCUT2D eigenvalue weighted by molar-refractivity contribution is 7.11. The third kappa shape index (κ3) is 4.73. The first-order valence-corrected chi connectivity index (χ1v) is 11.4. The van der Waals surface area contributed by atoms with Crippen molar-refractivity contribution in [1.29, 1.82) is 0 Å². The van der Waals surface area contributed by atoms with Gasteiger partial charge in [0.25, 0.3) is 0 Å². The van der Waals surface area contributed by atoms with Crippen molar-refractivity contribution in [3.63, 3.8) is 0 Å². The molecule has 0 radical (unpaired) electrons. The van der Waals surface area contributed by atoms with E-state index in [0.29, 0.717) is 12.8 Å². The van der Waals surface area contributed by atoms with E-state index in [1.165, 1.54) is 15.3 Å². The molecular formula is C23H31N3O3S. The predicted molar refractivity (Wildman–Crippen MR) is 121 cm³/mol. The molecule has 0 bridgehead atoms. The van der Waals surface area contributed by atoms with Crippen LogP contribution in [0.4, 0.5) is 0 Å². The Labute approximate surface area is 182 Å². The van der Waals surface area contributed by atoms with E-state index in [0.717, 1.165) is 56.5 Å². The second kappa shape index (κ2) is 9.27. The molecule has 162 valence electrons. The number of aryl methyl sites for hydroxylation is 1. The minimum absolute atomic E-state index is 0.0229. The molecule has 1 saturated heterocycles. The topological polar surface area (TPSA) is 64.1 Å². The van der Waals surface area contributed by atoms with E-state index in [1.807, 2.05) is 24.5 Å². The van der Waals surface area contributed by atoms with Crippen LogP contribution in [-0.4, -0.2) is 45.6 Å². The highest BCUT2D eigenvalue weighted by atomic mass is 32.1. The Morgan fingerprint density at radius 3 is 2.70 bits per heavy atom. The average Bonchev–Trinajstić information content (AvgIpc) is 3.39. The molecule has 1 fully saturated rings. The lowest BCUT2D eigenvalue weighted by molar-refractivity contribution is 0.0513. The summed E-state index contributed by atoms with van der Waals surface area (Å²) < 4.78 is 16.8. The van der Waals surface area contributed by atoms with Gasteiger partial charge < -0.3 is 24.8 Å². The molecule has 2 aliphatic rings. The van der Waals surface area contributed by atoms with E-state index in [9.17, 15) is 0 Å². The Balaban J connectivity index is 1.42. The standard InChI is InChI=1S/C23H31N3O3S/c1-16(12-19-6-4-17(2)30-19)26-22(24-3)25-14-23(8-10-27-11-9-23)18-5-7-20-21(13-18)29-15-28-20/h4-7,13,16H,8-12,14-15H2,1-3H3,(H2,24,25,26). The molecule has 0 spiro atoms. The van der Waals surface area contributed by atoms with Crippen LogP contribution in [0, 0.1) is 6.92 Å². The minimum atomic E-state index is -0.0229. The normalized spacial score (nSPS) is 18.8. The summed E-state index contributed by atoms with van der Waals surface area (Å²) in [4.78, 5) is 7.21. The fourth-order valence-electron chi connectivity index (χ4n) is 4.18. The van der Waals surface area contributed by atoms with Gasteiger partial charge in [-0.05, 0) is 56.5 Å². The van der Waals surface area contributed by atoms with Gasteiger partial charge in [0.1, 0.15) is 0 Å². The average molecular weight is 430 g/mol. The van der Waals surface area contributed by atoms with Gasteiger partial charge in [0.05, 0.1) is 0 Å². The first kappa shape index (κ1) is 21.0. The number of hydrogen-bond acceptors (Lipinski definition) is 5. The van der Waals surface area contributed by atoms with Crippen molar-refractivity contribution in [2.45, 2.75) is 44.6 Å². The van der Waals surface area contributed by atoms with E-state index in [2.05, 4.69) is 53.7 Å². The fraction of sp³-hybridized carbons (Fsp3) is 0.522. The zero-order valence-electron chi connectivity index (χ0n) is 18.0. The quantitative estimate of drug-likeness (QED) is 0.542. The van der Waals surface area contributed by atoms with Gasteiger partial charge in [-0.25, -0.2) is 0 Å². The lowest BCUT2D eigenvalue weighted by atomic mass is 9.74. The molecule has 7 heteroatoms. The third-order valence-electron chi connectivity index (χ3n) is 5.94.